The third-order valence-electron chi connectivity index (χ3n) is 3.86. The molecule has 1 saturated heterocycles. The summed E-state index contributed by atoms with van der Waals surface area (Å²) in [7, 11) is 0. The van der Waals surface area contributed by atoms with Crippen molar-refractivity contribution in [1.82, 2.24) is 10.2 Å². The first kappa shape index (κ1) is 18.7. The fraction of sp³-hybridized carbons (Fsp3) is 0.500. The quantitative estimate of drug-likeness (QED) is 0.687. The Balaban J connectivity index is 1.85. The van der Waals surface area contributed by atoms with Crippen molar-refractivity contribution in [2.45, 2.75) is 26.7 Å². The number of hydrogen-bond acceptors (Lipinski definition) is 3. The number of hydrogen-bond donors (Lipinski definition) is 1. The molecule has 0 atom stereocenters. The van der Waals surface area contributed by atoms with Crippen LogP contribution in [0.3, 0.4) is 0 Å². The lowest BCUT2D eigenvalue weighted by Crippen LogP contribution is -2.47. The van der Waals surface area contributed by atoms with Crippen molar-refractivity contribution < 1.29 is 9.53 Å². The van der Waals surface area contributed by atoms with Crippen LogP contribution in [-0.2, 0) is 4.79 Å². The number of benzene rings is 1. The molecule has 7 heteroatoms. The van der Waals surface area contributed by atoms with E-state index in [-0.39, 0.29) is 12.5 Å². The highest BCUT2D eigenvalue weighted by Gasteiger charge is 2.19. The molecule has 1 aliphatic rings. The molecule has 1 aliphatic heterocycles. The molecule has 126 valence electrons. The molecule has 0 bridgehead atoms. The fourth-order valence-electron chi connectivity index (χ4n) is 2.46. The summed E-state index contributed by atoms with van der Waals surface area (Å²) in [6.45, 7) is 5.91. The summed E-state index contributed by atoms with van der Waals surface area (Å²) in [6.07, 6.45) is 2.22. The second-order valence-corrected chi connectivity index (χ2v) is 8.00. The number of nitrogens with zero attached hydrogens (tertiary/aromatic N) is 1. The maximum absolute atomic E-state index is 12.0. The van der Waals surface area contributed by atoms with Crippen LogP contribution in [0.4, 0.5) is 0 Å². The van der Waals surface area contributed by atoms with E-state index in [1.54, 1.807) is 0 Å². The van der Waals surface area contributed by atoms with E-state index in [1.165, 1.54) is 0 Å². The third kappa shape index (κ3) is 5.43. The van der Waals surface area contributed by atoms with Crippen LogP contribution in [0, 0.1) is 12.8 Å². The van der Waals surface area contributed by atoms with Gasteiger partial charge in [-0.25, -0.2) is 0 Å². The van der Waals surface area contributed by atoms with E-state index in [0.29, 0.717) is 10.9 Å². The van der Waals surface area contributed by atoms with Gasteiger partial charge in [0.25, 0.3) is 5.91 Å². The number of thiocarbonyl (C=S) groups is 1. The molecular formula is C16H20Br2N2O2S. The van der Waals surface area contributed by atoms with E-state index < -0.39 is 0 Å². The van der Waals surface area contributed by atoms with Gasteiger partial charge < -0.3 is 15.0 Å². The van der Waals surface area contributed by atoms with Gasteiger partial charge >= 0.3 is 0 Å². The Morgan fingerprint density at radius 1 is 1.39 bits per heavy atom. The molecule has 1 N–H and O–H groups in total. The van der Waals surface area contributed by atoms with Crippen LogP contribution in [0.25, 0.3) is 0 Å². The van der Waals surface area contributed by atoms with Crippen LogP contribution in [0.1, 0.15) is 25.3 Å². The first-order valence-electron chi connectivity index (χ1n) is 7.54. The van der Waals surface area contributed by atoms with Gasteiger partial charge in [-0.05, 0) is 71.5 Å². The summed E-state index contributed by atoms with van der Waals surface area (Å²) >= 11 is 12.2. The average molecular weight is 464 g/mol. The lowest BCUT2D eigenvalue weighted by Gasteiger charge is -2.32. The van der Waals surface area contributed by atoms with Gasteiger partial charge in [0.15, 0.2) is 11.7 Å². The molecule has 1 aromatic rings. The molecule has 0 aromatic heterocycles. The highest BCUT2D eigenvalue weighted by Crippen LogP contribution is 2.32. The summed E-state index contributed by atoms with van der Waals surface area (Å²) in [5, 5.41) is 3.25. The monoisotopic (exact) mass is 462 g/mol. The summed E-state index contributed by atoms with van der Waals surface area (Å²) < 4.78 is 7.40. The molecule has 23 heavy (non-hydrogen) atoms. The van der Waals surface area contributed by atoms with Crippen molar-refractivity contribution in [3.63, 3.8) is 0 Å². The molecule has 1 amide bonds. The summed E-state index contributed by atoms with van der Waals surface area (Å²) in [5.74, 6) is 1.16. The number of amides is 1. The SMILES string of the molecule is Cc1cc(Br)cc(Br)c1OCC(=O)NC(=S)N1CCC(C)CC1. The van der Waals surface area contributed by atoms with Gasteiger partial charge in [-0.3, -0.25) is 4.79 Å². The summed E-state index contributed by atoms with van der Waals surface area (Å²) in [4.78, 5) is 14.1. The molecule has 2 rings (SSSR count). The molecule has 0 saturated carbocycles. The number of ether oxygens (including phenoxy) is 1. The smallest absolute Gasteiger partial charge is 0.264 e. The maximum atomic E-state index is 12.0. The van der Waals surface area contributed by atoms with E-state index in [9.17, 15) is 4.79 Å². The van der Waals surface area contributed by atoms with E-state index >= 15 is 0 Å². The molecule has 0 radical (unpaired) electrons. The van der Waals surface area contributed by atoms with Crippen LogP contribution in [0.2, 0.25) is 0 Å². The highest BCUT2D eigenvalue weighted by atomic mass is 79.9. The van der Waals surface area contributed by atoms with Crippen LogP contribution >= 0.6 is 44.1 Å². The Hall–Kier alpha value is -0.660. The van der Waals surface area contributed by atoms with E-state index in [0.717, 1.165) is 46.4 Å². The Kier molecular flexibility index (Phi) is 6.85. The van der Waals surface area contributed by atoms with E-state index in [4.69, 9.17) is 17.0 Å². The van der Waals surface area contributed by atoms with Gasteiger partial charge in [0.05, 0.1) is 4.47 Å². The Bertz CT molecular complexity index is 579. The molecule has 0 unspecified atom stereocenters. The predicted octanol–water partition coefficient (Wildman–Crippen LogP) is 4.03. The van der Waals surface area contributed by atoms with Crippen LogP contribution in [-0.4, -0.2) is 35.6 Å². The number of piperidine rings is 1. The Morgan fingerprint density at radius 3 is 2.65 bits per heavy atom. The summed E-state index contributed by atoms with van der Waals surface area (Å²) in [6, 6.07) is 3.83. The standard InChI is InChI=1S/C16H20Br2N2O2S/c1-10-3-5-20(6-4-10)16(23)19-14(21)9-22-15-11(2)7-12(17)8-13(15)18/h7-8,10H,3-6,9H2,1-2H3,(H,19,21,23). The topological polar surface area (TPSA) is 41.6 Å². The van der Waals surface area contributed by atoms with Gasteiger partial charge in [0.1, 0.15) is 5.75 Å². The fourth-order valence-corrected chi connectivity index (χ4v) is 4.31. The lowest BCUT2D eigenvalue weighted by atomic mass is 10.00. The van der Waals surface area contributed by atoms with E-state index in [2.05, 4.69) is 44.1 Å². The third-order valence-corrected chi connectivity index (χ3v) is 5.27. The van der Waals surface area contributed by atoms with Crippen molar-refractivity contribution >= 4 is 55.1 Å². The zero-order chi connectivity index (χ0) is 17.0. The Morgan fingerprint density at radius 2 is 2.04 bits per heavy atom. The molecule has 0 spiro atoms. The number of halogens is 2. The zero-order valence-corrected chi connectivity index (χ0v) is 17.2. The van der Waals surface area contributed by atoms with Crippen molar-refractivity contribution in [2.75, 3.05) is 19.7 Å². The number of nitrogens with one attached hydrogen (secondary N) is 1. The molecule has 1 aromatic carbocycles. The first-order valence-corrected chi connectivity index (χ1v) is 9.53. The highest BCUT2D eigenvalue weighted by molar-refractivity contribution is 9.11. The van der Waals surface area contributed by atoms with Gasteiger partial charge in [-0.15, -0.1) is 0 Å². The molecule has 0 aliphatic carbocycles. The van der Waals surface area contributed by atoms with Crippen molar-refractivity contribution in [3.05, 3.63) is 26.6 Å². The minimum Gasteiger partial charge on any atom is -0.482 e. The van der Waals surface area contributed by atoms with Crippen molar-refractivity contribution in [1.29, 1.82) is 0 Å². The zero-order valence-electron chi connectivity index (χ0n) is 13.2. The first-order chi connectivity index (χ1) is 10.9. The molecule has 1 fully saturated rings. The minimum atomic E-state index is -0.233. The number of carbonyl (C=O) groups excluding carboxylic acids is 1. The average Bonchev–Trinajstić information content (AvgIpc) is 2.46. The maximum Gasteiger partial charge on any atom is 0.264 e. The summed E-state index contributed by atoms with van der Waals surface area (Å²) in [5.41, 5.74) is 0.951. The number of rotatable bonds is 3. The minimum absolute atomic E-state index is 0.0640. The second-order valence-electron chi connectivity index (χ2n) is 5.85. The van der Waals surface area contributed by atoms with Crippen LogP contribution in [0.5, 0.6) is 5.75 Å². The second kappa shape index (κ2) is 8.44. The van der Waals surface area contributed by atoms with Crippen molar-refractivity contribution in [2.24, 2.45) is 5.92 Å². The largest absolute Gasteiger partial charge is 0.482 e. The van der Waals surface area contributed by atoms with Gasteiger partial charge in [-0.2, -0.15) is 0 Å². The predicted molar refractivity (Wildman–Crippen MR) is 103 cm³/mol. The molecular weight excluding hydrogens is 444 g/mol. The normalized spacial score (nSPS) is 15.4. The number of aryl methyl sites for hydroxylation is 1. The van der Waals surface area contributed by atoms with Crippen LogP contribution in [0.15, 0.2) is 21.1 Å². The molecule has 1 heterocycles. The van der Waals surface area contributed by atoms with Crippen molar-refractivity contribution in [3.8, 4) is 5.75 Å². The van der Waals surface area contributed by atoms with Gasteiger partial charge in [0, 0.05) is 17.6 Å². The van der Waals surface area contributed by atoms with Gasteiger partial charge in [0.2, 0.25) is 0 Å². The lowest BCUT2D eigenvalue weighted by molar-refractivity contribution is -0.121. The van der Waals surface area contributed by atoms with E-state index in [1.807, 2.05) is 24.0 Å². The molecule has 4 nitrogen and oxygen atoms in total. The van der Waals surface area contributed by atoms with Gasteiger partial charge in [-0.1, -0.05) is 22.9 Å². The number of carbonyl (C=O) groups is 1. The number of likely N-dealkylation sites (tertiary alicyclic amines) is 1. The van der Waals surface area contributed by atoms with Crippen LogP contribution < -0.4 is 10.1 Å². The Labute approximate surface area is 159 Å².